The van der Waals surface area contributed by atoms with Crippen molar-refractivity contribution in [2.24, 2.45) is 0 Å². The average Bonchev–Trinajstić information content (AvgIpc) is 2.35. The van der Waals surface area contributed by atoms with Crippen LogP contribution in [-0.4, -0.2) is 34.4 Å². The molecule has 0 saturated carbocycles. The summed E-state index contributed by atoms with van der Waals surface area (Å²) in [5, 5.41) is 3.08. The minimum Gasteiger partial charge on any atom is -0.493 e. The summed E-state index contributed by atoms with van der Waals surface area (Å²) in [5.41, 5.74) is 1.08. The van der Waals surface area contributed by atoms with Gasteiger partial charge in [-0.05, 0) is 44.6 Å². The molecule has 96 valence electrons. The molecule has 1 aromatic carbocycles. The van der Waals surface area contributed by atoms with Crippen molar-refractivity contribution in [3.63, 3.8) is 0 Å². The van der Waals surface area contributed by atoms with Crippen molar-refractivity contribution in [3.05, 3.63) is 17.7 Å². The first-order valence-corrected chi connectivity index (χ1v) is 5.73. The Kier molecular flexibility index (Phi) is 5.63. The monoisotopic (exact) mass is 239 g/mol. The van der Waals surface area contributed by atoms with Crippen LogP contribution in [0.3, 0.4) is 0 Å². The number of hydrogen-bond acceptors (Lipinski definition) is 4. The normalized spacial score (nSPS) is 10.1. The first kappa shape index (κ1) is 13.6. The summed E-state index contributed by atoms with van der Waals surface area (Å²) >= 11 is 0. The molecule has 0 aromatic heterocycles. The van der Waals surface area contributed by atoms with Gasteiger partial charge in [-0.2, -0.15) is 0 Å². The maximum atomic E-state index is 5.72. The lowest BCUT2D eigenvalue weighted by Gasteiger charge is -2.15. The van der Waals surface area contributed by atoms with E-state index in [4.69, 9.17) is 14.2 Å². The zero-order chi connectivity index (χ0) is 12.7. The van der Waals surface area contributed by atoms with Gasteiger partial charge in [0.25, 0.3) is 0 Å². The highest BCUT2D eigenvalue weighted by Gasteiger charge is 2.12. The summed E-state index contributed by atoms with van der Waals surface area (Å²) in [6.07, 6.45) is 0.941. The third kappa shape index (κ3) is 3.82. The van der Waals surface area contributed by atoms with Crippen LogP contribution in [0.25, 0.3) is 0 Å². The second kappa shape index (κ2) is 7.01. The third-order valence-corrected chi connectivity index (χ3v) is 2.42. The van der Waals surface area contributed by atoms with Crippen LogP contribution >= 0.6 is 0 Å². The van der Waals surface area contributed by atoms with Crippen molar-refractivity contribution in [3.8, 4) is 17.2 Å². The molecule has 4 nitrogen and oxygen atoms in total. The molecule has 0 heterocycles. The zero-order valence-corrected chi connectivity index (χ0v) is 11.0. The van der Waals surface area contributed by atoms with Gasteiger partial charge in [-0.25, -0.2) is 0 Å². The summed E-state index contributed by atoms with van der Waals surface area (Å²) in [5.74, 6) is 2.11. The van der Waals surface area contributed by atoms with Crippen LogP contribution in [0.15, 0.2) is 12.1 Å². The highest BCUT2D eigenvalue weighted by atomic mass is 16.5. The Bertz CT molecular complexity index is 328. The van der Waals surface area contributed by atoms with Gasteiger partial charge in [0.2, 0.25) is 5.75 Å². The Morgan fingerprint density at radius 3 is 2.18 bits per heavy atom. The zero-order valence-electron chi connectivity index (χ0n) is 11.0. The minimum atomic E-state index is 0.636. The molecule has 17 heavy (non-hydrogen) atoms. The van der Waals surface area contributed by atoms with E-state index in [0.717, 1.165) is 18.5 Å². The SMILES string of the molecule is CNCCCOc1c(OC)cc(C)cc1OC. The number of benzene rings is 1. The predicted molar refractivity (Wildman–Crippen MR) is 68.3 cm³/mol. The van der Waals surface area contributed by atoms with Gasteiger partial charge in [0.1, 0.15) is 0 Å². The highest BCUT2D eigenvalue weighted by Crippen LogP contribution is 2.38. The van der Waals surface area contributed by atoms with Crippen molar-refractivity contribution in [2.45, 2.75) is 13.3 Å². The fraction of sp³-hybridized carbons (Fsp3) is 0.538. The number of ether oxygens (including phenoxy) is 3. The van der Waals surface area contributed by atoms with E-state index in [-0.39, 0.29) is 0 Å². The maximum Gasteiger partial charge on any atom is 0.203 e. The first-order valence-electron chi connectivity index (χ1n) is 5.73. The Balaban J connectivity index is 2.79. The Morgan fingerprint density at radius 2 is 1.71 bits per heavy atom. The average molecular weight is 239 g/mol. The van der Waals surface area contributed by atoms with E-state index in [1.54, 1.807) is 14.2 Å². The fourth-order valence-corrected chi connectivity index (χ4v) is 1.58. The van der Waals surface area contributed by atoms with Crippen molar-refractivity contribution in [2.75, 3.05) is 34.4 Å². The Labute approximate surface area is 103 Å². The van der Waals surface area contributed by atoms with Crippen LogP contribution in [0, 0.1) is 6.92 Å². The Hall–Kier alpha value is -1.42. The van der Waals surface area contributed by atoms with E-state index in [1.807, 2.05) is 26.1 Å². The van der Waals surface area contributed by atoms with E-state index in [1.165, 1.54) is 0 Å². The van der Waals surface area contributed by atoms with Gasteiger partial charge in [0.15, 0.2) is 11.5 Å². The molecule has 0 atom stereocenters. The third-order valence-electron chi connectivity index (χ3n) is 2.42. The maximum absolute atomic E-state index is 5.72. The quantitative estimate of drug-likeness (QED) is 0.739. The molecule has 0 saturated heterocycles. The van der Waals surface area contributed by atoms with Gasteiger partial charge in [-0.3, -0.25) is 0 Å². The number of nitrogens with one attached hydrogen (secondary N) is 1. The second-order valence-electron chi connectivity index (χ2n) is 3.80. The van der Waals surface area contributed by atoms with E-state index < -0.39 is 0 Å². The summed E-state index contributed by atoms with van der Waals surface area (Å²) < 4.78 is 16.3. The molecule has 0 fully saturated rings. The fourth-order valence-electron chi connectivity index (χ4n) is 1.58. The largest absolute Gasteiger partial charge is 0.493 e. The molecule has 4 heteroatoms. The molecule has 0 radical (unpaired) electrons. The van der Waals surface area contributed by atoms with Gasteiger partial charge in [0.05, 0.1) is 20.8 Å². The number of aryl methyl sites for hydroxylation is 1. The first-order chi connectivity index (χ1) is 8.22. The lowest BCUT2D eigenvalue weighted by Crippen LogP contribution is -2.12. The van der Waals surface area contributed by atoms with E-state index in [9.17, 15) is 0 Å². The van der Waals surface area contributed by atoms with Gasteiger partial charge >= 0.3 is 0 Å². The van der Waals surface area contributed by atoms with Crippen molar-refractivity contribution in [1.29, 1.82) is 0 Å². The Morgan fingerprint density at radius 1 is 1.12 bits per heavy atom. The molecule has 0 bridgehead atoms. The molecule has 0 amide bonds. The number of rotatable bonds is 7. The smallest absolute Gasteiger partial charge is 0.203 e. The van der Waals surface area contributed by atoms with Crippen LogP contribution < -0.4 is 19.5 Å². The standard InChI is InChI=1S/C13H21NO3/c1-10-8-11(15-3)13(12(9-10)16-4)17-7-5-6-14-2/h8-9,14H,5-7H2,1-4H3. The van der Waals surface area contributed by atoms with Crippen LogP contribution in [0.4, 0.5) is 0 Å². The molecule has 1 N–H and O–H groups in total. The van der Waals surface area contributed by atoms with Crippen molar-refractivity contribution >= 4 is 0 Å². The summed E-state index contributed by atoms with van der Waals surface area (Å²) in [6, 6.07) is 3.88. The van der Waals surface area contributed by atoms with Crippen LogP contribution in [0.2, 0.25) is 0 Å². The van der Waals surface area contributed by atoms with Gasteiger partial charge in [0, 0.05) is 0 Å². The molecule has 0 unspecified atom stereocenters. The van der Waals surface area contributed by atoms with E-state index in [2.05, 4.69) is 5.32 Å². The molecular formula is C13H21NO3. The lowest BCUT2D eigenvalue weighted by molar-refractivity contribution is 0.270. The minimum absolute atomic E-state index is 0.636. The topological polar surface area (TPSA) is 39.7 Å². The second-order valence-corrected chi connectivity index (χ2v) is 3.80. The lowest BCUT2D eigenvalue weighted by atomic mass is 10.2. The van der Waals surface area contributed by atoms with Crippen LogP contribution in [-0.2, 0) is 0 Å². The summed E-state index contributed by atoms with van der Waals surface area (Å²) in [4.78, 5) is 0. The molecule has 1 rings (SSSR count). The number of methoxy groups -OCH3 is 2. The number of hydrogen-bond donors (Lipinski definition) is 1. The summed E-state index contributed by atoms with van der Waals surface area (Å²) in [6.45, 7) is 3.56. The molecule has 1 aromatic rings. The van der Waals surface area contributed by atoms with Crippen molar-refractivity contribution < 1.29 is 14.2 Å². The molecule has 0 aliphatic carbocycles. The van der Waals surface area contributed by atoms with Gasteiger partial charge in [-0.15, -0.1) is 0 Å². The summed E-state index contributed by atoms with van der Waals surface area (Å²) in [7, 11) is 5.19. The van der Waals surface area contributed by atoms with Gasteiger partial charge in [-0.1, -0.05) is 0 Å². The highest BCUT2D eigenvalue weighted by molar-refractivity contribution is 5.53. The molecule has 0 aliphatic rings. The van der Waals surface area contributed by atoms with Gasteiger partial charge < -0.3 is 19.5 Å². The van der Waals surface area contributed by atoms with Crippen molar-refractivity contribution in [1.82, 2.24) is 5.32 Å². The molecule has 0 aliphatic heterocycles. The van der Waals surface area contributed by atoms with E-state index in [0.29, 0.717) is 23.9 Å². The van der Waals surface area contributed by atoms with Crippen LogP contribution in [0.1, 0.15) is 12.0 Å². The molecule has 0 spiro atoms. The molecular weight excluding hydrogens is 218 g/mol. The predicted octanol–water partition coefficient (Wildman–Crippen LogP) is 2.00. The van der Waals surface area contributed by atoms with E-state index >= 15 is 0 Å². The van der Waals surface area contributed by atoms with Crippen LogP contribution in [0.5, 0.6) is 17.2 Å².